The Labute approximate surface area is 132 Å². The minimum Gasteiger partial charge on any atom is -0.338 e. The molecule has 2 amide bonds. The first kappa shape index (κ1) is 15.0. The minimum absolute atomic E-state index is 0.104. The van der Waals surface area contributed by atoms with Crippen molar-refractivity contribution in [3.8, 4) is 0 Å². The maximum Gasteiger partial charge on any atom is 0.315 e. The van der Waals surface area contributed by atoms with Crippen LogP contribution in [0.3, 0.4) is 0 Å². The van der Waals surface area contributed by atoms with Crippen molar-refractivity contribution < 1.29 is 9.18 Å². The van der Waals surface area contributed by atoms with Gasteiger partial charge < -0.3 is 10.6 Å². The number of carbonyl (C=O) groups excluding carboxylic acids is 1. The van der Waals surface area contributed by atoms with Gasteiger partial charge in [-0.1, -0.05) is 12.1 Å². The predicted octanol–water partition coefficient (Wildman–Crippen LogP) is 3.12. The highest BCUT2D eigenvalue weighted by atomic mass is 32.1. The Balaban J connectivity index is 1.50. The van der Waals surface area contributed by atoms with Crippen molar-refractivity contribution in [1.82, 2.24) is 15.6 Å². The van der Waals surface area contributed by atoms with Crippen LogP contribution < -0.4 is 10.6 Å². The molecule has 2 N–H and O–H groups in total. The summed E-state index contributed by atoms with van der Waals surface area (Å²) >= 11 is 1.64. The maximum absolute atomic E-state index is 13.7. The molecular formula is C16H18FN3OS. The standard InChI is InChI=1S/C16H18FN3OS/c1-10-9-19-15(22-10)7-8-18-16(21)20-14-6-5-11-12(14)3-2-4-13(11)17/h2-4,9,14H,5-8H2,1H3,(H2,18,20,21)/t14-/m0/s1. The topological polar surface area (TPSA) is 54.0 Å². The molecule has 1 aliphatic carbocycles. The third kappa shape index (κ3) is 3.27. The molecule has 2 aromatic rings. The lowest BCUT2D eigenvalue weighted by atomic mass is 10.1. The molecule has 116 valence electrons. The number of aromatic nitrogens is 1. The molecule has 1 aromatic carbocycles. The van der Waals surface area contributed by atoms with E-state index in [0.29, 0.717) is 13.0 Å². The van der Waals surface area contributed by atoms with Gasteiger partial charge in [0.1, 0.15) is 5.82 Å². The zero-order chi connectivity index (χ0) is 15.5. The van der Waals surface area contributed by atoms with E-state index in [1.165, 1.54) is 10.9 Å². The van der Waals surface area contributed by atoms with Crippen molar-refractivity contribution in [1.29, 1.82) is 0 Å². The molecule has 0 aliphatic heterocycles. The number of hydrogen-bond acceptors (Lipinski definition) is 3. The summed E-state index contributed by atoms with van der Waals surface area (Å²) in [6, 6.07) is 4.73. The fraction of sp³-hybridized carbons (Fsp3) is 0.375. The molecule has 1 aromatic heterocycles. The number of benzene rings is 1. The second-order valence-electron chi connectivity index (χ2n) is 5.41. The molecule has 0 saturated carbocycles. The van der Waals surface area contributed by atoms with Crippen LogP contribution in [0.25, 0.3) is 0 Å². The van der Waals surface area contributed by atoms with Crippen molar-refractivity contribution in [2.75, 3.05) is 6.54 Å². The maximum atomic E-state index is 13.7. The van der Waals surface area contributed by atoms with Crippen LogP contribution >= 0.6 is 11.3 Å². The molecule has 1 atom stereocenters. The van der Waals surface area contributed by atoms with Gasteiger partial charge in [0, 0.05) is 24.0 Å². The lowest BCUT2D eigenvalue weighted by Gasteiger charge is -2.14. The summed E-state index contributed by atoms with van der Waals surface area (Å²) in [7, 11) is 0. The number of thiazole rings is 1. The number of aryl methyl sites for hydroxylation is 1. The molecule has 4 nitrogen and oxygen atoms in total. The smallest absolute Gasteiger partial charge is 0.315 e. The summed E-state index contributed by atoms with van der Waals surface area (Å²) in [6.07, 6.45) is 3.98. The molecule has 0 saturated heterocycles. The molecule has 0 spiro atoms. The number of nitrogens with one attached hydrogen (secondary N) is 2. The number of rotatable bonds is 4. The first-order chi connectivity index (χ1) is 10.6. The SMILES string of the molecule is Cc1cnc(CCNC(=O)N[C@H]2CCc3c(F)cccc32)s1. The third-order valence-electron chi connectivity index (χ3n) is 3.81. The molecule has 1 aliphatic rings. The Kier molecular flexibility index (Phi) is 4.38. The fourth-order valence-electron chi connectivity index (χ4n) is 2.77. The summed E-state index contributed by atoms with van der Waals surface area (Å²) in [5.74, 6) is -0.179. The Morgan fingerprint density at radius 1 is 1.50 bits per heavy atom. The molecule has 6 heteroatoms. The van der Waals surface area contributed by atoms with Gasteiger partial charge in [-0.2, -0.15) is 0 Å². The van der Waals surface area contributed by atoms with Crippen LogP contribution in [0.1, 0.15) is 33.5 Å². The number of hydrogen-bond donors (Lipinski definition) is 2. The Morgan fingerprint density at radius 3 is 3.14 bits per heavy atom. The summed E-state index contributed by atoms with van der Waals surface area (Å²) in [6.45, 7) is 2.56. The quantitative estimate of drug-likeness (QED) is 0.910. The van der Waals surface area contributed by atoms with Gasteiger partial charge in [0.15, 0.2) is 0 Å². The normalized spacial score (nSPS) is 16.4. The summed E-state index contributed by atoms with van der Waals surface area (Å²) in [5, 5.41) is 6.78. The summed E-state index contributed by atoms with van der Waals surface area (Å²) in [5.41, 5.74) is 1.62. The van der Waals surface area contributed by atoms with Gasteiger partial charge in [-0.3, -0.25) is 0 Å². The van der Waals surface area contributed by atoms with Gasteiger partial charge in [0.05, 0.1) is 11.0 Å². The second-order valence-corrected chi connectivity index (χ2v) is 6.73. The van der Waals surface area contributed by atoms with Crippen LogP contribution in [0.5, 0.6) is 0 Å². The van der Waals surface area contributed by atoms with Crippen LogP contribution in [0.2, 0.25) is 0 Å². The Bertz CT molecular complexity index is 686. The average molecular weight is 319 g/mol. The fourth-order valence-corrected chi connectivity index (χ4v) is 3.56. The van der Waals surface area contributed by atoms with Crippen molar-refractivity contribution in [2.24, 2.45) is 0 Å². The van der Waals surface area contributed by atoms with Crippen molar-refractivity contribution in [2.45, 2.75) is 32.2 Å². The monoisotopic (exact) mass is 319 g/mol. The minimum atomic E-state index is -0.213. The van der Waals surface area contributed by atoms with E-state index in [1.807, 2.05) is 19.2 Å². The summed E-state index contributed by atoms with van der Waals surface area (Å²) in [4.78, 5) is 17.4. The molecule has 1 heterocycles. The highest BCUT2D eigenvalue weighted by Gasteiger charge is 2.25. The molecule has 3 rings (SSSR count). The average Bonchev–Trinajstić information content (AvgIpc) is 3.07. The molecule has 0 bridgehead atoms. The number of nitrogens with zero attached hydrogens (tertiary/aromatic N) is 1. The zero-order valence-electron chi connectivity index (χ0n) is 12.4. The largest absolute Gasteiger partial charge is 0.338 e. The van der Waals surface area contributed by atoms with Crippen molar-refractivity contribution >= 4 is 17.4 Å². The van der Waals surface area contributed by atoms with Crippen molar-refractivity contribution in [3.63, 3.8) is 0 Å². The lowest BCUT2D eigenvalue weighted by Crippen LogP contribution is -2.38. The number of fused-ring (bicyclic) bond motifs is 1. The molecule has 0 fully saturated rings. The first-order valence-electron chi connectivity index (χ1n) is 7.36. The van der Waals surface area contributed by atoms with Crippen LogP contribution in [0.15, 0.2) is 24.4 Å². The number of carbonyl (C=O) groups is 1. The van der Waals surface area contributed by atoms with E-state index in [9.17, 15) is 9.18 Å². The number of urea groups is 1. The summed E-state index contributed by atoms with van der Waals surface area (Å²) < 4.78 is 13.7. The van der Waals surface area contributed by atoms with E-state index >= 15 is 0 Å². The van der Waals surface area contributed by atoms with Gasteiger partial charge in [-0.15, -0.1) is 11.3 Å². The van der Waals surface area contributed by atoms with Crippen molar-refractivity contribution in [3.05, 3.63) is 51.2 Å². The van der Waals surface area contributed by atoms with Gasteiger partial charge in [-0.25, -0.2) is 14.2 Å². The highest BCUT2D eigenvalue weighted by molar-refractivity contribution is 7.11. The van der Waals surface area contributed by atoms with E-state index < -0.39 is 0 Å². The van der Waals surface area contributed by atoms with Gasteiger partial charge >= 0.3 is 6.03 Å². The van der Waals surface area contributed by atoms with E-state index in [4.69, 9.17) is 0 Å². The van der Waals surface area contributed by atoms with Crippen LogP contribution in [0.4, 0.5) is 9.18 Å². The highest BCUT2D eigenvalue weighted by Crippen LogP contribution is 2.32. The Morgan fingerprint density at radius 2 is 2.36 bits per heavy atom. The predicted molar refractivity (Wildman–Crippen MR) is 84.6 cm³/mol. The van der Waals surface area contributed by atoms with E-state index in [0.717, 1.165) is 29.0 Å². The molecule has 0 unspecified atom stereocenters. The molecule has 0 radical (unpaired) electrons. The van der Waals surface area contributed by atoms with Crippen LogP contribution in [0, 0.1) is 12.7 Å². The molecule has 22 heavy (non-hydrogen) atoms. The zero-order valence-corrected chi connectivity index (χ0v) is 13.2. The lowest BCUT2D eigenvalue weighted by molar-refractivity contribution is 0.237. The second kappa shape index (κ2) is 6.44. The van der Waals surface area contributed by atoms with Gasteiger partial charge in [-0.05, 0) is 37.0 Å². The van der Waals surface area contributed by atoms with E-state index in [2.05, 4.69) is 15.6 Å². The van der Waals surface area contributed by atoms with Gasteiger partial charge in [0.25, 0.3) is 0 Å². The van der Waals surface area contributed by atoms with E-state index in [1.54, 1.807) is 17.4 Å². The van der Waals surface area contributed by atoms with E-state index in [-0.39, 0.29) is 17.9 Å². The van der Waals surface area contributed by atoms with Crippen LogP contribution in [-0.2, 0) is 12.8 Å². The third-order valence-corrected chi connectivity index (χ3v) is 4.78. The van der Waals surface area contributed by atoms with Crippen LogP contribution in [-0.4, -0.2) is 17.6 Å². The Hall–Kier alpha value is -1.95. The number of halogens is 1. The van der Waals surface area contributed by atoms with Gasteiger partial charge in [0.2, 0.25) is 0 Å². The number of amides is 2. The molecular weight excluding hydrogens is 301 g/mol. The first-order valence-corrected chi connectivity index (χ1v) is 8.18.